The lowest BCUT2D eigenvalue weighted by atomic mass is 9.97. The fraction of sp³-hybridized carbons (Fsp3) is 0.423. The van der Waals surface area contributed by atoms with Crippen LogP contribution in [0.15, 0.2) is 48.5 Å². The summed E-state index contributed by atoms with van der Waals surface area (Å²) in [6.45, 7) is 5.14. The maximum atomic E-state index is 12.7. The highest BCUT2D eigenvalue weighted by molar-refractivity contribution is 5.97. The van der Waals surface area contributed by atoms with Crippen molar-refractivity contribution in [3.05, 3.63) is 54.1 Å². The van der Waals surface area contributed by atoms with E-state index in [9.17, 15) is 19.5 Å². The summed E-state index contributed by atoms with van der Waals surface area (Å²) < 4.78 is 10.6. The predicted molar refractivity (Wildman–Crippen MR) is 127 cm³/mol. The molecule has 0 aliphatic carbocycles. The van der Waals surface area contributed by atoms with Gasteiger partial charge in [0, 0.05) is 17.5 Å². The Hall–Kier alpha value is -3.35. The van der Waals surface area contributed by atoms with Crippen LogP contribution in [-0.2, 0) is 9.53 Å². The van der Waals surface area contributed by atoms with Crippen LogP contribution in [0.2, 0.25) is 0 Å². The minimum absolute atomic E-state index is 0.0245. The number of carboxylic acids is 1. The molecule has 1 amide bonds. The number of alkyl carbamates (subject to hydrolysis) is 1. The molecule has 1 atom stereocenters. The molecule has 0 heterocycles. The number of carbonyl (C=O) groups is 3. The molecule has 0 aromatic heterocycles. The second-order valence-corrected chi connectivity index (χ2v) is 8.84. The molecule has 0 saturated carbocycles. The lowest BCUT2D eigenvalue weighted by Crippen LogP contribution is -2.43. The van der Waals surface area contributed by atoms with Crippen molar-refractivity contribution in [1.82, 2.24) is 5.32 Å². The summed E-state index contributed by atoms with van der Waals surface area (Å²) in [6.07, 6.45) is 1.75. The quantitative estimate of drug-likeness (QED) is 0.344. The molecule has 0 aliphatic heterocycles. The van der Waals surface area contributed by atoms with Gasteiger partial charge in [0.15, 0.2) is 5.78 Å². The number of methoxy groups -OCH3 is 1. The molecule has 178 valence electrons. The summed E-state index contributed by atoms with van der Waals surface area (Å²) in [5.74, 6) is -0.380. The molecule has 2 aromatic rings. The Morgan fingerprint density at radius 3 is 2.30 bits per heavy atom. The lowest BCUT2D eigenvalue weighted by Gasteiger charge is -2.22. The number of rotatable bonds is 11. The van der Waals surface area contributed by atoms with Gasteiger partial charge in [-0.05, 0) is 57.4 Å². The minimum Gasteiger partial charge on any atom is -0.496 e. The zero-order chi connectivity index (χ0) is 24.4. The first-order valence-electron chi connectivity index (χ1n) is 11.1. The third kappa shape index (κ3) is 8.60. The number of amides is 1. The minimum atomic E-state index is -1.11. The average molecular weight is 456 g/mol. The zero-order valence-corrected chi connectivity index (χ0v) is 19.7. The summed E-state index contributed by atoms with van der Waals surface area (Å²) in [5.41, 5.74) is 1.75. The van der Waals surface area contributed by atoms with Gasteiger partial charge < -0.3 is 19.9 Å². The Morgan fingerprint density at radius 2 is 1.70 bits per heavy atom. The summed E-state index contributed by atoms with van der Waals surface area (Å²) >= 11 is 0. The molecule has 7 nitrogen and oxygen atoms in total. The van der Waals surface area contributed by atoms with Gasteiger partial charge in [-0.2, -0.15) is 0 Å². The molecule has 0 fully saturated rings. The van der Waals surface area contributed by atoms with Gasteiger partial charge in [0.2, 0.25) is 0 Å². The third-order valence-electron chi connectivity index (χ3n) is 4.99. The molecule has 0 unspecified atom stereocenters. The predicted octanol–water partition coefficient (Wildman–Crippen LogP) is 5.47. The van der Waals surface area contributed by atoms with E-state index in [2.05, 4.69) is 5.32 Å². The normalized spacial score (nSPS) is 12.0. The molecule has 2 aromatic carbocycles. The van der Waals surface area contributed by atoms with Gasteiger partial charge in [-0.25, -0.2) is 9.59 Å². The largest absolute Gasteiger partial charge is 0.496 e. The Balaban J connectivity index is 1.86. The number of ether oxygens (including phenoxy) is 2. The van der Waals surface area contributed by atoms with E-state index in [1.165, 1.54) is 0 Å². The van der Waals surface area contributed by atoms with Crippen molar-refractivity contribution >= 4 is 17.8 Å². The second-order valence-electron chi connectivity index (χ2n) is 8.84. The van der Waals surface area contributed by atoms with Crippen molar-refractivity contribution < 1.29 is 29.0 Å². The fourth-order valence-corrected chi connectivity index (χ4v) is 3.39. The zero-order valence-electron chi connectivity index (χ0n) is 19.7. The van der Waals surface area contributed by atoms with Crippen molar-refractivity contribution in [2.45, 2.75) is 64.5 Å². The second kappa shape index (κ2) is 12.0. The topological polar surface area (TPSA) is 102 Å². The highest BCUT2D eigenvalue weighted by Gasteiger charge is 2.23. The van der Waals surface area contributed by atoms with Crippen LogP contribution in [0.5, 0.6) is 5.75 Å². The lowest BCUT2D eigenvalue weighted by molar-refractivity contribution is -0.139. The van der Waals surface area contributed by atoms with E-state index in [1.54, 1.807) is 40.0 Å². The standard InChI is InChI=1S/C26H33NO6/c1-26(2,3)33-25(31)27-21(24(29)30)13-9-6-10-14-22(28)19-15-16-23(32-4)20(17-19)18-11-7-5-8-12-18/h5,7-8,11-12,15-17,21H,6,9-10,13-14H2,1-4H3,(H,27,31)(H,29,30)/t21-/m0/s1. The van der Waals surface area contributed by atoms with Crippen LogP contribution >= 0.6 is 0 Å². The number of hydrogen-bond donors (Lipinski definition) is 2. The molecule has 0 saturated heterocycles. The number of benzene rings is 2. The maximum absolute atomic E-state index is 12.7. The first kappa shape index (κ1) is 25.9. The van der Waals surface area contributed by atoms with E-state index in [0.717, 1.165) is 11.1 Å². The smallest absolute Gasteiger partial charge is 0.408 e. The molecule has 0 aliphatic rings. The van der Waals surface area contributed by atoms with Gasteiger partial charge in [0.05, 0.1) is 7.11 Å². The monoisotopic (exact) mass is 455 g/mol. The Bertz CT molecular complexity index is 949. The Labute approximate surface area is 195 Å². The van der Waals surface area contributed by atoms with Gasteiger partial charge in [-0.1, -0.05) is 43.2 Å². The number of hydrogen-bond acceptors (Lipinski definition) is 5. The fourth-order valence-electron chi connectivity index (χ4n) is 3.39. The van der Waals surface area contributed by atoms with Crippen LogP contribution in [0.4, 0.5) is 4.79 Å². The third-order valence-corrected chi connectivity index (χ3v) is 4.99. The molecule has 2 rings (SSSR count). The van der Waals surface area contributed by atoms with E-state index >= 15 is 0 Å². The number of nitrogens with one attached hydrogen (secondary N) is 1. The summed E-state index contributed by atoms with van der Waals surface area (Å²) in [7, 11) is 1.60. The molecule has 0 bridgehead atoms. The van der Waals surface area contributed by atoms with Gasteiger partial charge in [0.1, 0.15) is 17.4 Å². The van der Waals surface area contributed by atoms with Crippen LogP contribution in [-0.4, -0.2) is 41.7 Å². The van der Waals surface area contributed by atoms with E-state index in [1.807, 2.05) is 36.4 Å². The molecule has 0 radical (unpaired) electrons. The summed E-state index contributed by atoms with van der Waals surface area (Å²) in [6, 6.07) is 14.1. The molecule has 7 heteroatoms. The van der Waals surface area contributed by atoms with Crippen LogP contribution in [0.1, 0.15) is 63.2 Å². The van der Waals surface area contributed by atoms with E-state index in [4.69, 9.17) is 9.47 Å². The van der Waals surface area contributed by atoms with Crippen LogP contribution in [0.3, 0.4) is 0 Å². The number of carboxylic acid groups (broad SMARTS) is 1. The van der Waals surface area contributed by atoms with Crippen molar-refractivity contribution in [1.29, 1.82) is 0 Å². The first-order valence-corrected chi connectivity index (χ1v) is 11.1. The van der Waals surface area contributed by atoms with Crippen molar-refractivity contribution in [3.63, 3.8) is 0 Å². The first-order chi connectivity index (χ1) is 15.6. The van der Waals surface area contributed by atoms with Crippen molar-refractivity contribution in [2.75, 3.05) is 7.11 Å². The molecule has 33 heavy (non-hydrogen) atoms. The van der Waals surface area contributed by atoms with Gasteiger partial charge in [-0.3, -0.25) is 4.79 Å². The molecular weight excluding hydrogens is 422 g/mol. The average Bonchev–Trinajstić information content (AvgIpc) is 2.76. The van der Waals surface area contributed by atoms with E-state index in [-0.39, 0.29) is 12.2 Å². The van der Waals surface area contributed by atoms with Gasteiger partial charge in [-0.15, -0.1) is 0 Å². The number of Topliss-reactive ketones (excluding diaryl/α,β-unsaturated/α-hetero) is 1. The van der Waals surface area contributed by atoms with Gasteiger partial charge in [0.25, 0.3) is 0 Å². The van der Waals surface area contributed by atoms with Crippen molar-refractivity contribution in [3.8, 4) is 16.9 Å². The Morgan fingerprint density at radius 1 is 1.00 bits per heavy atom. The van der Waals surface area contributed by atoms with E-state index in [0.29, 0.717) is 37.0 Å². The van der Waals surface area contributed by atoms with Crippen LogP contribution in [0.25, 0.3) is 11.1 Å². The number of ketones is 1. The number of aliphatic carboxylic acids is 1. The molecule has 0 spiro atoms. The highest BCUT2D eigenvalue weighted by Crippen LogP contribution is 2.31. The Kier molecular flexibility index (Phi) is 9.45. The van der Waals surface area contributed by atoms with Crippen LogP contribution < -0.4 is 10.1 Å². The van der Waals surface area contributed by atoms with Crippen molar-refractivity contribution in [2.24, 2.45) is 0 Å². The number of unbranched alkanes of at least 4 members (excludes halogenated alkanes) is 2. The van der Waals surface area contributed by atoms with Crippen LogP contribution in [0, 0.1) is 0 Å². The number of carbonyl (C=O) groups excluding carboxylic acids is 2. The van der Waals surface area contributed by atoms with Gasteiger partial charge >= 0.3 is 12.1 Å². The maximum Gasteiger partial charge on any atom is 0.408 e. The molecular formula is C26H33NO6. The SMILES string of the molecule is COc1ccc(C(=O)CCCCC[C@H](NC(=O)OC(C)(C)C)C(=O)O)cc1-c1ccccc1. The molecule has 2 N–H and O–H groups in total. The summed E-state index contributed by atoms with van der Waals surface area (Å²) in [5, 5.41) is 11.7. The van der Waals surface area contributed by atoms with E-state index < -0.39 is 23.7 Å². The highest BCUT2D eigenvalue weighted by atomic mass is 16.6. The summed E-state index contributed by atoms with van der Waals surface area (Å²) in [4.78, 5) is 36.0.